The first kappa shape index (κ1) is 20.1. The van der Waals surface area contributed by atoms with Crippen molar-refractivity contribution in [1.29, 1.82) is 0 Å². The van der Waals surface area contributed by atoms with Crippen LogP contribution >= 0.6 is 11.6 Å². The highest BCUT2D eigenvalue weighted by atomic mass is 35.5. The lowest BCUT2D eigenvalue weighted by Gasteiger charge is -2.21. The number of benzene rings is 2. The molecule has 1 N–H and O–H groups in total. The zero-order valence-corrected chi connectivity index (χ0v) is 17.5. The molecule has 1 aliphatic rings. The Morgan fingerprint density at radius 3 is 2.73 bits per heavy atom. The van der Waals surface area contributed by atoms with E-state index < -0.39 is 6.04 Å². The molecule has 4 rings (SSSR count). The molecule has 0 radical (unpaired) electrons. The number of carbonyl (C=O) groups is 1. The number of halogens is 1. The Hall–Kier alpha value is -3.19. The number of nitrogens with zero attached hydrogens (tertiary/aromatic N) is 2. The van der Waals surface area contributed by atoms with Gasteiger partial charge in [0.05, 0.1) is 18.6 Å². The lowest BCUT2D eigenvalue weighted by molar-refractivity contribution is -0.121. The quantitative estimate of drug-likeness (QED) is 0.653. The molecule has 1 aromatic heterocycles. The van der Waals surface area contributed by atoms with Crippen LogP contribution in [0, 0.1) is 0 Å². The third-order valence-corrected chi connectivity index (χ3v) is 5.17. The Labute approximate surface area is 179 Å². The summed E-state index contributed by atoms with van der Waals surface area (Å²) in [6.07, 6.45) is 3.70. The molecule has 3 aromatic rings. The van der Waals surface area contributed by atoms with Gasteiger partial charge in [0.2, 0.25) is 5.91 Å². The number of ether oxygens (including phenoxy) is 3. The van der Waals surface area contributed by atoms with Crippen molar-refractivity contribution >= 4 is 17.5 Å². The molecule has 30 heavy (non-hydrogen) atoms. The molecule has 0 aliphatic carbocycles. The highest BCUT2D eigenvalue weighted by Gasteiger charge is 2.22. The predicted molar refractivity (Wildman–Crippen MR) is 112 cm³/mol. The predicted octanol–water partition coefficient (Wildman–Crippen LogP) is 3.30. The van der Waals surface area contributed by atoms with Crippen molar-refractivity contribution in [1.82, 2.24) is 14.9 Å². The van der Waals surface area contributed by atoms with Crippen molar-refractivity contribution in [2.45, 2.75) is 12.5 Å². The van der Waals surface area contributed by atoms with Crippen LogP contribution in [-0.4, -0.2) is 35.8 Å². The molecular formula is C22H22ClN3O4. The molecule has 0 saturated carbocycles. The smallest absolute Gasteiger partial charge is 0.225 e. The van der Waals surface area contributed by atoms with E-state index in [0.717, 1.165) is 22.7 Å². The van der Waals surface area contributed by atoms with Gasteiger partial charge in [0.15, 0.2) is 11.5 Å². The van der Waals surface area contributed by atoms with E-state index >= 15 is 0 Å². The molecule has 1 aliphatic heterocycles. The fourth-order valence-electron chi connectivity index (χ4n) is 3.41. The second-order valence-corrected chi connectivity index (χ2v) is 7.36. The minimum atomic E-state index is -0.406. The number of rotatable bonds is 6. The van der Waals surface area contributed by atoms with Crippen LogP contribution in [0.3, 0.4) is 0 Å². The summed E-state index contributed by atoms with van der Waals surface area (Å²) in [7, 11) is 3.51. The molecule has 7 nitrogen and oxygen atoms in total. The summed E-state index contributed by atoms with van der Waals surface area (Å²) in [6.45, 7) is 0.914. The molecule has 156 valence electrons. The maximum atomic E-state index is 12.9. The summed E-state index contributed by atoms with van der Waals surface area (Å²) in [5.41, 5.74) is 1.65. The Morgan fingerprint density at radius 2 is 2.03 bits per heavy atom. The number of methoxy groups -OCH3 is 1. The first-order valence-electron chi connectivity index (χ1n) is 9.53. The summed E-state index contributed by atoms with van der Waals surface area (Å²) < 4.78 is 18.3. The standard InChI is InChI=1S/C22H22ClN3O4/c1-26-8-7-24-22(26)20(15-3-5-16(28-2)6-4-15)25-19(27)13-14-11-17(23)21-18(12-14)29-9-10-30-21/h3-8,11-12,20H,9-10,13H2,1-2H3,(H,25,27)/t20-/m0/s1. The van der Waals surface area contributed by atoms with Gasteiger partial charge in [-0.25, -0.2) is 4.98 Å². The maximum Gasteiger partial charge on any atom is 0.225 e. The molecule has 0 bridgehead atoms. The number of aryl methyl sites for hydroxylation is 1. The summed E-state index contributed by atoms with van der Waals surface area (Å²) in [4.78, 5) is 17.3. The average molecular weight is 428 g/mol. The Bertz CT molecular complexity index is 1050. The van der Waals surface area contributed by atoms with Crippen LogP contribution in [0.15, 0.2) is 48.8 Å². The largest absolute Gasteiger partial charge is 0.497 e. The van der Waals surface area contributed by atoms with E-state index in [1.807, 2.05) is 42.1 Å². The fourth-order valence-corrected chi connectivity index (χ4v) is 3.70. The SMILES string of the molecule is COc1ccc([C@H](NC(=O)Cc2cc(Cl)c3c(c2)OCCO3)c2nccn2C)cc1. The number of imidazole rings is 1. The number of amides is 1. The van der Waals surface area contributed by atoms with Crippen LogP contribution < -0.4 is 19.5 Å². The fraction of sp³-hybridized carbons (Fsp3) is 0.273. The number of fused-ring (bicyclic) bond motifs is 1. The van der Waals surface area contributed by atoms with E-state index in [1.54, 1.807) is 25.4 Å². The highest BCUT2D eigenvalue weighted by Crippen LogP contribution is 2.38. The topological polar surface area (TPSA) is 74.6 Å². The van der Waals surface area contributed by atoms with Gasteiger partial charge in [0.25, 0.3) is 0 Å². The Kier molecular flexibility index (Phi) is 5.81. The van der Waals surface area contributed by atoms with Gasteiger partial charge >= 0.3 is 0 Å². The summed E-state index contributed by atoms with van der Waals surface area (Å²) in [6, 6.07) is 10.7. The molecular weight excluding hydrogens is 406 g/mol. The Balaban J connectivity index is 1.56. The van der Waals surface area contributed by atoms with E-state index in [1.165, 1.54) is 0 Å². The van der Waals surface area contributed by atoms with Crippen molar-refractivity contribution in [3.8, 4) is 17.2 Å². The van der Waals surface area contributed by atoms with Crippen molar-refractivity contribution in [3.63, 3.8) is 0 Å². The van der Waals surface area contributed by atoms with Gasteiger partial charge in [-0.2, -0.15) is 0 Å². The van der Waals surface area contributed by atoms with E-state index in [4.69, 9.17) is 25.8 Å². The molecule has 0 unspecified atom stereocenters. The second kappa shape index (κ2) is 8.67. The van der Waals surface area contributed by atoms with Crippen molar-refractivity contribution < 1.29 is 19.0 Å². The van der Waals surface area contributed by atoms with Crippen LogP contribution in [-0.2, 0) is 18.3 Å². The van der Waals surface area contributed by atoms with Gasteiger partial charge in [-0.3, -0.25) is 4.79 Å². The summed E-state index contributed by atoms with van der Waals surface area (Å²) in [5.74, 6) is 2.40. The van der Waals surface area contributed by atoms with Crippen molar-refractivity contribution in [2.24, 2.45) is 7.05 Å². The molecule has 0 saturated heterocycles. The molecule has 0 fully saturated rings. The average Bonchev–Trinajstić information content (AvgIpc) is 3.18. The van der Waals surface area contributed by atoms with E-state index in [-0.39, 0.29) is 12.3 Å². The highest BCUT2D eigenvalue weighted by molar-refractivity contribution is 6.32. The van der Waals surface area contributed by atoms with Crippen LogP contribution in [0.2, 0.25) is 5.02 Å². The van der Waals surface area contributed by atoms with Crippen LogP contribution in [0.1, 0.15) is 23.0 Å². The molecule has 0 spiro atoms. The number of hydrogen-bond donors (Lipinski definition) is 1. The van der Waals surface area contributed by atoms with E-state index in [2.05, 4.69) is 10.3 Å². The van der Waals surface area contributed by atoms with Gasteiger partial charge in [-0.1, -0.05) is 23.7 Å². The first-order valence-corrected chi connectivity index (χ1v) is 9.91. The van der Waals surface area contributed by atoms with Gasteiger partial charge in [-0.15, -0.1) is 0 Å². The Morgan fingerprint density at radius 1 is 1.27 bits per heavy atom. The van der Waals surface area contributed by atoms with Gasteiger partial charge in [0, 0.05) is 19.4 Å². The number of carbonyl (C=O) groups excluding carboxylic acids is 1. The lowest BCUT2D eigenvalue weighted by atomic mass is 10.0. The normalized spacial score (nSPS) is 13.6. The van der Waals surface area contributed by atoms with Crippen LogP contribution in [0.25, 0.3) is 0 Å². The zero-order valence-electron chi connectivity index (χ0n) is 16.7. The van der Waals surface area contributed by atoms with Crippen molar-refractivity contribution in [3.05, 3.63) is 70.8 Å². The lowest BCUT2D eigenvalue weighted by Crippen LogP contribution is -2.32. The van der Waals surface area contributed by atoms with E-state index in [0.29, 0.717) is 29.7 Å². The second-order valence-electron chi connectivity index (χ2n) is 6.95. The molecule has 1 atom stereocenters. The molecule has 2 aromatic carbocycles. The number of hydrogen-bond acceptors (Lipinski definition) is 5. The maximum absolute atomic E-state index is 12.9. The summed E-state index contributed by atoms with van der Waals surface area (Å²) >= 11 is 6.30. The first-order chi connectivity index (χ1) is 14.5. The third-order valence-electron chi connectivity index (χ3n) is 4.89. The van der Waals surface area contributed by atoms with Gasteiger partial charge in [0.1, 0.15) is 30.8 Å². The minimum Gasteiger partial charge on any atom is -0.497 e. The zero-order chi connectivity index (χ0) is 21.1. The number of aromatic nitrogens is 2. The van der Waals surface area contributed by atoms with E-state index in [9.17, 15) is 4.79 Å². The van der Waals surface area contributed by atoms with Crippen LogP contribution in [0.4, 0.5) is 0 Å². The monoisotopic (exact) mass is 427 g/mol. The third kappa shape index (κ3) is 4.21. The van der Waals surface area contributed by atoms with Crippen LogP contribution in [0.5, 0.6) is 17.2 Å². The van der Waals surface area contributed by atoms with Gasteiger partial charge < -0.3 is 24.1 Å². The minimum absolute atomic E-state index is 0.146. The molecule has 2 heterocycles. The summed E-state index contributed by atoms with van der Waals surface area (Å²) in [5, 5.41) is 3.52. The molecule has 1 amide bonds. The number of nitrogens with one attached hydrogen (secondary N) is 1. The van der Waals surface area contributed by atoms with Gasteiger partial charge in [-0.05, 0) is 35.4 Å². The van der Waals surface area contributed by atoms with Crippen molar-refractivity contribution in [2.75, 3.05) is 20.3 Å². The molecule has 8 heteroatoms.